The van der Waals surface area contributed by atoms with Crippen LogP contribution in [0.1, 0.15) is 6.92 Å². The maximum atomic E-state index is 11.4. The maximum Gasteiger partial charge on any atom is 0.338 e. The molecule has 1 atom stereocenters. The van der Waals surface area contributed by atoms with Crippen LogP contribution >= 0.6 is 11.8 Å². The fourth-order valence-electron chi connectivity index (χ4n) is 1.62. The van der Waals surface area contributed by atoms with Crippen molar-refractivity contribution >= 4 is 17.7 Å². The molecule has 0 aromatic heterocycles. The first kappa shape index (κ1) is 14.0. The van der Waals surface area contributed by atoms with Gasteiger partial charge in [0.15, 0.2) is 17.1 Å². The van der Waals surface area contributed by atoms with Crippen LogP contribution in [-0.4, -0.2) is 42.8 Å². The smallest absolute Gasteiger partial charge is 0.338 e. The average molecular weight is 284 g/mol. The molecule has 1 aliphatic rings. The van der Waals surface area contributed by atoms with Crippen molar-refractivity contribution in [3.63, 3.8) is 0 Å². The lowest BCUT2D eigenvalue weighted by atomic mass is 10.1. The van der Waals surface area contributed by atoms with E-state index in [9.17, 15) is 9.90 Å². The first-order chi connectivity index (χ1) is 9.03. The van der Waals surface area contributed by atoms with Crippen LogP contribution in [-0.2, 0) is 9.53 Å². The number of aliphatic hydroxyl groups is 1. The Labute approximate surface area is 115 Å². The summed E-state index contributed by atoms with van der Waals surface area (Å²) in [5.41, 5.74) is -1.51. The number of carbonyl (C=O) groups is 1. The van der Waals surface area contributed by atoms with Crippen molar-refractivity contribution < 1.29 is 24.1 Å². The number of hydrogen-bond donors (Lipinski definition) is 1. The minimum absolute atomic E-state index is 0.208. The number of carbonyl (C=O) groups excluding carboxylic acids is 1. The molecule has 19 heavy (non-hydrogen) atoms. The molecule has 0 saturated heterocycles. The lowest BCUT2D eigenvalue weighted by Crippen LogP contribution is -2.38. The van der Waals surface area contributed by atoms with Gasteiger partial charge in [-0.05, 0) is 25.1 Å². The number of thioether (sulfide) groups is 1. The summed E-state index contributed by atoms with van der Waals surface area (Å²) >= 11 is 1.36. The van der Waals surface area contributed by atoms with Gasteiger partial charge in [0.05, 0.1) is 7.11 Å². The molecule has 1 heterocycles. The van der Waals surface area contributed by atoms with Crippen molar-refractivity contribution in [2.75, 3.05) is 26.1 Å². The van der Waals surface area contributed by atoms with E-state index in [0.29, 0.717) is 19.0 Å². The third-order valence-electron chi connectivity index (χ3n) is 2.66. The lowest BCUT2D eigenvalue weighted by molar-refractivity contribution is -0.158. The molecule has 0 aliphatic carbocycles. The number of esters is 1. The Kier molecular flexibility index (Phi) is 4.21. The first-order valence-electron chi connectivity index (χ1n) is 5.86. The number of fused-ring (bicyclic) bond motifs is 1. The van der Waals surface area contributed by atoms with E-state index in [-0.39, 0.29) is 5.75 Å². The zero-order valence-electron chi connectivity index (χ0n) is 10.8. The van der Waals surface area contributed by atoms with Gasteiger partial charge < -0.3 is 19.3 Å². The summed E-state index contributed by atoms with van der Waals surface area (Å²) in [6.07, 6.45) is 0. The Hall–Kier alpha value is -1.40. The minimum Gasteiger partial charge on any atom is -0.486 e. The SMILES string of the molecule is COC(=O)C(C)(O)CSc1ccc2c(c1)OCCO2. The van der Waals surface area contributed by atoms with Crippen molar-refractivity contribution in [2.45, 2.75) is 17.4 Å². The van der Waals surface area contributed by atoms with Crippen molar-refractivity contribution in [1.82, 2.24) is 0 Å². The number of rotatable bonds is 4. The Morgan fingerprint density at radius 1 is 1.42 bits per heavy atom. The Bertz CT molecular complexity index is 472. The molecule has 1 aromatic rings. The number of methoxy groups -OCH3 is 1. The molecule has 5 nitrogen and oxygen atoms in total. The zero-order valence-corrected chi connectivity index (χ0v) is 11.7. The molecule has 1 N–H and O–H groups in total. The summed E-state index contributed by atoms with van der Waals surface area (Å²) in [6, 6.07) is 5.53. The number of hydrogen-bond acceptors (Lipinski definition) is 6. The fourth-order valence-corrected chi connectivity index (χ4v) is 2.54. The lowest BCUT2D eigenvalue weighted by Gasteiger charge is -2.21. The van der Waals surface area contributed by atoms with Crippen LogP contribution < -0.4 is 9.47 Å². The molecule has 6 heteroatoms. The second-order valence-electron chi connectivity index (χ2n) is 4.36. The van der Waals surface area contributed by atoms with Crippen LogP contribution in [0.5, 0.6) is 11.5 Å². The molecule has 104 valence electrons. The van der Waals surface area contributed by atoms with Crippen molar-refractivity contribution in [3.8, 4) is 11.5 Å². The van der Waals surface area contributed by atoms with E-state index < -0.39 is 11.6 Å². The van der Waals surface area contributed by atoms with Crippen LogP contribution in [0, 0.1) is 0 Å². The van der Waals surface area contributed by atoms with Gasteiger partial charge in [-0.2, -0.15) is 0 Å². The van der Waals surface area contributed by atoms with Crippen molar-refractivity contribution in [3.05, 3.63) is 18.2 Å². The van der Waals surface area contributed by atoms with Gasteiger partial charge in [-0.3, -0.25) is 0 Å². The van der Waals surface area contributed by atoms with Crippen LogP contribution in [0.2, 0.25) is 0 Å². The van der Waals surface area contributed by atoms with Gasteiger partial charge in [0.2, 0.25) is 0 Å². The van der Waals surface area contributed by atoms with Gasteiger partial charge in [-0.15, -0.1) is 11.8 Å². The van der Waals surface area contributed by atoms with Crippen LogP contribution in [0.25, 0.3) is 0 Å². The molecule has 1 unspecified atom stereocenters. The zero-order chi connectivity index (χ0) is 13.9. The Morgan fingerprint density at radius 3 is 2.79 bits per heavy atom. The molecule has 2 rings (SSSR count). The molecule has 0 saturated carbocycles. The highest BCUT2D eigenvalue weighted by Gasteiger charge is 2.31. The monoisotopic (exact) mass is 284 g/mol. The topological polar surface area (TPSA) is 65.0 Å². The quantitative estimate of drug-likeness (QED) is 0.667. The highest BCUT2D eigenvalue weighted by Crippen LogP contribution is 2.35. The first-order valence-corrected chi connectivity index (χ1v) is 6.85. The maximum absolute atomic E-state index is 11.4. The molecule has 0 amide bonds. The molecule has 1 aromatic carbocycles. The molecular weight excluding hydrogens is 268 g/mol. The Morgan fingerprint density at radius 2 is 2.11 bits per heavy atom. The summed E-state index contributed by atoms with van der Waals surface area (Å²) in [5.74, 6) is 0.973. The predicted molar refractivity (Wildman–Crippen MR) is 70.8 cm³/mol. The van der Waals surface area contributed by atoms with Gasteiger partial charge in [0.1, 0.15) is 13.2 Å². The molecular formula is C13H16O5S. The third-order valence-corrected chi connectivity index (χ3v) is 3.95. The summed E-state index contributed by atoms with van der Waals surface area (Å²) in [5, 5.41) is 9.93. The molecule has 0 fully saturated rings. The van der Waals surface area contributed by atoms with Crippen LogP contribution in [0.15, 0.2) is 23.1 Å². The van der Waals surface area contributed by atoms with Gasteiger partial charge in [0, 0.05) is 10.6 Å². The molecule has 1 aliphatic heterocycles. The van der Waals surface area contributed by atoms with Crippen LogP contribution in [0.3, 0.4) is 0 Å². The summed E-state index contributed by atoms with van der Waals surface area (Å²) in [4.78, 5) is 12.3. The van der Waals surface area contributed by atoms with Gasteiger partial charge in [-0.25, -0.2) is 4.79 Å². The summed E-state index contributed by atoms with van der Waals surface area (Å²) < 4.78 is 15.4. The highest BCUT2D eigenvalue weighted by molar-refractivity contribution is 7.99. The van der Waals surface area contributed by atoms with Gasteiger partial charge >= 0.3 is 5.97 Å². The molecule has 0 spiro atoms. The number of benzene rings is 1. The van der Waals surface area contributed by atoms with Gasteiger partial charge in [0.25, 0.3) is 0 Å². The van der Waals surface area contributed by atoms with Crippen LogP contribution in [0.4, 0.5) is 0 Å². The second kappa shape index (κ2) is 5.71. The standard InChI is InChI=1S/C13H16O5S/c1-13(15,12(14)16-2)8-19-9-3-4-10-11(7-9)18-6-5-17-10/h3-4,7,15H,5-6,8H2,1-2H3. The average Bonchev–Trinajstić information content (AvgIpc) is 2.44. The summed E-state index contributed by atoms with van der Waals surface area (Å²) in [6.45, 7) is 2.52. The fraction of sp³-hybridized carbons (Fsp3) is 0.462. The minimum atomic E-state index is -1.51. The van der Waals surface area contributed by atoms with E-state index in [1.54, 1.807) is 0 Å². The van der Waals surface area contributed by atoms with E-state index in [2.05, 4.69) is 4.74 Å². The number of ether oxygens (including phenoxy) is 3. The van der Waals surface area contributed by atoms with Gasteiger partial charge in [-0.1, -0.05) is 0 Å². The van der Waals surface area contributed by atoms with Crippen molar-refractivity contribution in [2.24, 2.45) is 0 Å². The highest BCUT2D eigenvalue weighted by atomic mass is 32.2. The second-order valence-corrected chi connectivity index (χ2v) is 5.41. The molecule has 0 radical (unpaired) electrons. The molecule has 0 bridgehead atoms. The van der Waals surface area contributed by atoms with E-state index in [1.165, 1.54) is 25.8 Å². The predicted octanol–water partition coefficient (Wildman–Crippen LogP) is 1.47. The van der Waals surface area contributed by atoms with E-state index >= 15 is 0 Å². The summed E-state index contributed by atoms with van der Waals surface area (Å²) in [7, 11) is 1.26. The van der Waals surface area contributed by atoms with E-state index in [0.717, 1.165) is 10.6 Å². The Balaban J connectivity index is 2.02. The third kappa shape index (κ3) is 3.33. The van der Waals surface area contributed by atoms with Crippen molar-refractivity contribution in [1.29, 1.82) is 0 Å². The normalized spacial score (nSPS) is 16.6. The van der Waals surface area contributed by atoms with E-state index in [1.807, 2.05) is 18.2 Å². The van der Waals surface area contributed by atoms with E-state index in [4.69, 9.17) is 9.47 Å². The largest absolute Gasteiger partial charge is 0.486 e.